The van der Waals surface area contributed by atoms with E-state index < -0.39 is 11.7 Å². The second-order valence-corrected chi connectivity index (χ2v) is 8.59. The summed E-state index contributed by atoms with van der Waals surface area (Å²) in [6, 6.07) is 14.7. The minimum atomic E-state index is -4.35. The second-order valence-electron chi connectivity index (χ2n) is 8.59. The van der Waals surface area contributed by atoms with Crippen molar-refractivity contribution in [3.05, 3.63) is 88.4 Å². The molecule has 1 aromatic heterocycles. The molecule has 1 amide bonds. The number of rotatable bonds is 6. The number of nitrogens with zero attached hydrogens (tertiary/aromatic N) is 2. The molecule has 34 heavy (non-hydrogen) atoms. The summed E-state index contributed by atoms with van der Waals surface area (Å²) >= 11 is 0. The molecule has 0 radical (unpaired) electrons. The van der Waals surface area contributed by atoms with Gasteiger partial charge in [-0.25, -0.2) is 0 Å². The molecule has 5 nitrogen and oxygen atoms in total. The molecule has 2 heterocycles. The predicted octanol–water partition coefficient (Wildman–Crippen LogP) is 5.45. The third-order valence-electron chi connectivity index (χ3n) is 5.91. The third-order valence-corrected chi connectivity index (χ3v) is 5.91. The predicted molar refractivity (Wildman–Crippen MR) is 122 cm³/mol. The standard InChI is InChI=1S/C26H27F3N2O3/c1-18-6-7-19(2)24(14-18)33-17-22-8-9-23(34-22)25(32)31-12-10-30(11-13-31)16-20-4-3-5-21(15-20)26(27,28)29/h3-9,14-15H,10-13,16-17H2,1-2H3. The Balaban J connectivity index is 1.29. The average molecular weight is 473 g/mol. The maximum Gasteiger partial charge on any atom is 0.416 e. The highest BCUT2D eigenvalue weighted by molar-refractivity contribution is 5.91. The van der Waals surface area contributed by atoms with Crippen molar-refractivity contribution < 1.29 is 27.1 Å². The Morgan fingerprint density at radius 3 is 2.50 bits per heavy atom. The van der Waals surface area contributed by atoms with Gasteiger partial charge in [0.05, 0.1) is 5.56 Å². The highest BCUT2D eigenvalue weighted by Crippen LogP contribution is 2.30. The van der Waals surface area contributed by atoms with Crippen LogP contribution >= 0.6 is 0 Å². The van der Waals surface area contributed by atoms with Crippen molar-refractivity contribution in [3.8, 4) is 5.75 Å². The van der Waals surface area contributed by atoms with Crippen LogP contribution in [0.25, 0.3) is 0 Å². The summed E-state index contributed by atoms with van der Waals surface area (Å²) < 4.78 is 50.4. The van der Waals surface area contributed by atoms with E-state index in [1.807, 2.05) is 36.9 Å². The molecule has 3 aromatic rings. The van der Waals surface area contributed by atoms with Crippen LogP contribution in [0.1, 0.15) is 38.6 Å². The number of ether oxygens (including phenoxy) is 1. The van der Waals surface area contributed by atoms with E-state index in [-0.39, 0.29) is 18.3 Å². The Morgan fingerprint density at radius 1 is 1.00 bits per heavy atom. The van der Waals surface area contributed by atoms with Crippen LogP contribution < -0.4 is 4.74 Å². The van der Waals surface area contributed by atoms with E-state index in [4.69, 9.17) is 9.15 Å². The summed E-state index contributed by atoms with van der Waals surface area (Å²) in [5.41, 5.74) is 2.09. The first-order chi connectivity index (χ1) is 16.2. The summed E-state index contributed by atoms with van der Waals surface area (Å²) in [5, 5.41) is 0. The molecule has 1 saturated heterocycles. The van der Waals surface area contributed by atoms with Gasteiger partial charge in [0.15, 0.2) is 5.76 Å². The third kappa shape index (κ3) is 5.80. The number of halogens is 3. The number of hydrogen-bond donors (Lipinski definition) is 0. The van der Waals surface area contributed by atoms with Gasteiger partial charge >= 0.3 is 6.18 Å². The quantitative estimate of drug-likeness (QED) is 0.479. The fourth-order valence-electron chi connectivity index (χ4n) is 3.95. The van der Waals surface area contributed by atoms with Crippen LogP contribution in [-0.4, -0.2) is 41.9 Å². The van der Waals surface area contributed by atoms with Crippen LogP contribution in [0.15, 0.2) is 59.0 Å². The topological polar surface area (TPSA) is 45.9 Å². The zero-order valence-corrected chi connectivity index (χ0v) is 19.2. The Hall–Kier alpha value is -3.26. The van der Waals surface area contributed by atoms with Crippen LogP contribution in [-0.2, 0) is 19.3 Å². The second kappa shape index (κ2) is 9.93. The molecule has 180 valence electrons. The number of hydrogen-bond acceptors (Lipinski definition) is 4. The van der Waals surface area contributed by atoms with Crippen molar-refractivity contribution in [3.63, 3.8) is 0 Å². The number of alkyl halides is 3. The molecule has 1 aliphatic heterocycles. The van der Waals surface area contributed by atoms with Gasteiger partial charge in [-0.2, -0.15) is 13.2 Å². The molecule has 0 bridgehead atoms. The van der Waals surface area contributed by atoms with Crippen molar-refractivity contribution in [1.29, 1.82) is 0 Å². The highest BCUT2D eigenvalue weighted by atomic mass is 19.4. The van der Waals surface area contributed by atoms with Crippen LogP contribution in [0.2, 0.25) is 0 Å². The van der Waals surface area contributed by atoms with E-state index in [1.54, 1.807) is 23.1 Å². The summed E-state index contributed by atoms with van der Waals surface area (Å²) in [6.45, 7) is 6.71. The number of benzene rings is 2. The molecule has 0 saturated carbocycles. The van der Waals surface area contributed by atoms with Crippen LogP contribution in [0.5, 0.6) is 5.75 Å². The van der Waals surface area contributed by atoms with Crippen LogP contribution in [0.3, 0.4) is 0 Å². The number of amides is 1. The van der Waals surface area contributed by atoms with Crippen molar-refractivity contribution in [2.75, 3.05) is 26.2 Å². The Bertz CT molecular complexity index is 1150. The summed E-state index contributed by atoms with van der Waals surface area (Å²) in [7, 11) is 0. The lowest BCUT2D eigenvalue weighted by Crippen LogP contribution is -2.48. The molecule has 0 spiro atoms. The highest BCUT2D eigenvalue weighted by Gasteiger charge is 2.30. The molecule has 0 atom stereocenters. The van der Waals surface area contributed by atoms with E-state index in [9.17, 15) is 18.0 Å². The fourth-order valence-corrected chi connectivity index (χ4v) is 3.95. The maximum atomic E-state index is 12.9. The first kappa shape index (κ1) is 23.9. The lowest BCUT2D eigenvalue weighted by Gasteiger charge is -2.34. The molecule has 0 N–H and O–H groups in total. The van der Waals surface area contributed by atoms with Gasteiger partial charge in [0.25, 0.3) is 5.91 Å². The minimum Gasteiger partial charge on any atom is -0.485 e. The minimum absolute atomic E-state index is 0.197. The van der Waals surface area contributed by atoms with Crippen molar-refractivity contribution >= 4 is 5.91 Å². The Labute approximate surface area is 196 Å². The van der Waals surface area contributed by atoms with Crippen LogP contribution in [0.4, 0.5) is 13.2 Å². The van der Waals surface area contributed by atoms with E-state index in [0.29, 0.717) is 44.0 Å². The van der Waals surface area contributed by atoms with Gasteiger partial charge in [0.2, 0.25) is 0 Å². The zero-order chi connectivity index (χ0) is 24.3. The van der Waals surface area contributed by atoms with Crippen molar-refractivity contribution in [1.82, 2.24) is 9.80 Å². The van der Waals surface area contributed by atoms with E-state index in [0.717, 1.165) is 22.9 Å². The number of piperazine rings is 1. The maximum absolute atomic E-state index is 12.9. The van der Waals surface area contributed by atoms with Gasteiger partial charge in [0, 0.05) is 32.7 Å². The lowest BCUT2D eigenvalue weighted by molar-refractivity contribution is -0.137. The number of aryl methyl sites for hydroxylation is 2. The lowest BCUT2D eigenvalue weighted by atomic mass is 10.1. The Morgan fingerprint density at radius 2 is 1.76 bits per heavy atom. The van der Waals surface area contributed by atoms with Gasteiger partial charge in [-0.05, 0) is 54.8 Å². The fraction of sp³-hybridized carbons (Fsp3) is 0.346. The van der Waals surface area contributed by atoms with E-state index in [1.165, 1.54) is 12.1 Å². The Kier molecular flexibility index (Phi) is 6.97. The van der Waals surface area contributed by atoms with E-state index >= 15 is 0 Å². The van der Waals surface area contributed by atoms with E-state index in [2.05, 4.69) is 0 Å². The molecule has 2 aromatic carbocycles. The van der Waals surface area contributed by atoms with Crippen molar-refractivity contribution in [2.24, 2.45) is 0 Å². The molecule has 4 rings (SSSR count). The first-order valence-electron chi connectivity index (χ1n) is 11.2. The van der Waals surface area contributed by atoms with Crippen molar-refractivity contribution in [2.45, 2.75) is 33.2 Å². The molecule has 1 fully saturated rings. The normalized spacial score (nSPS) is 14.9. The average Bonchev–Trinajstić information content (AvgIpc) is 3.28. The van der Waals surface area contributed by atoms with Gasteiger partial charge in [-0.15, -0.1) is 0 Å². The number of carbonyl (C=O) groups is 1. The monoisotopic (exact) mass is 472 g/mol. The first-order valence-corrected chi connectivity index (χ1v) is 11.2. The molecule has 1 aliphatic rings. The van der Waals surface area contributed by atoms with Gasteiger partial charge < -0.3 is 14.1 Å². The summed E-state index contributed by atoms with van der Waals surface area (Å²) in [4.78, 5) is 16.6. The molecule has 0 unspecified atom stereocenters. The van der Waals surface area contributed by atoms with Gasteiger partial charge in [-0.1, -0.05) is 30.3 Å². The number of carbonyl (C=O) groups excluding carboxylic acids is 1. The van der Waals surface area contributed by atoms with Gasteiger partial charge in [-0.3, -0.25) is 9.69 Å². The molecule has 8 heteroatoms. The van der Waals surface area contributed by atoms with Crippen LogP contribution in [0, 0.1) is 13.8 Å². The number of furan rings is 1. The molecule has 0 aliphatic carbocycles. The zero-order valence-electron chi connectivity index (χ0n) is 19.2. The SMILES string of the molecule is Cc1ccc(C)c(OCc2ccc(C(=O)N3CCN(Cc4cccc(C(F)(F)F)c4)CC3)o2)c1. The smallest absolute Gasteiger partial charge is 0.416 e. The molecular formula is C26H27F3N2O3. The summed E-state index contributed by atoms with van der Waals surface area (Å²) in [6.07, 6.45) is -4.35. The summed E-state index contributed by atoms with van der Waals surface area (Å²) in [5.74, 6) is 1.40. The largest absolute Gasteiger partial charge is 0.485 e. The van der Waals surface area contributed by atoms with Gasteiger partial charge in [0.1, 0.15) is 18.1 Å². The molecular weight excluding hydrogens is 445 g/mol.